The van der Waals surface area contributed by atoms with Gasteiger partial charge in [-0.05, 0) is 43.5 Å². The number of nitrogens with one attached hydrogen (secondary N) is 1. The van der Waals surface area contributed by atoms with Gasteiger partial charge in [0.05, 0.1) is 6.54 Å². The average Bonchev–Trinajstić information content (AvgIpc) is 2.87. The van der Waals surface area contributed by atoms with E-state index in [9.17, 15) is 14.7 Å². The molecule has 1 aliphatic rings. The van der Waals surface area contributed by atoms with Crippen molar-refractivity contribution in [2.24, 2.45) is 0 Å². The number of nitrogens with zero attached hydrogens (tertiary/aromatic N) is 1. The van der Waals surface area contributed by atoms with Crippen molar-refractivity contribution in [2.75, 3.05) is 13.2 Å². The molecule has 0 unspecified atom stereocenters. The minimum absolute atomic E-state index is 0.0105. The van der Waals surface area contributed by atoms with Crippen molar-refractivity contribution in [2.45, 2.75) is 32.4 Å². The second-order valence-electron chi connectivity index (χ2n) is 7.07. The summed E-state index contributed by atoms with van der Waals surface area (Å²) < 4.78 is 5.68. The van der Waals surface area contributed by atoms with Gasteiger partial charge < -0.3 is 15.2 Å². The van der Waals surface area contributed by atoms with Gasteiger partial charge in [0, 0.05) is 0 Å². The van der Waals surface area contributed by atoms with Gasteiger partial charge >= 0.3 is 6.03 Å². The van der Waals surface area contributed by atoms with Crippen LogP contribution < -0.4 is 10.1 Å². The van der Waals surface area contributed by atoms with Crippen molar-refractivity contribution >= 4 is 11.9 Å². The Morgan fingerprint density at radius 2 is 1.85 bits per heavy atom. The summed E-state index contributed by atoms with van der Waals surface area (Å²) in [4.78, 5) is 26.2. The normalized spacial score (nSPS) is 20.5. The van der Waals surface area contributed by atoms with Crippen molar-refractivity contribution in [1.82, 2.24) is 10.2 Å². The molecule has 1 saturated heterocycles. The molecule has 0 saturated carbocycles. The van der Waals surface area contributed by atoms with E-state index in [2.05, 4.69) is 5.32 Å². The number of aryl methyl sites for hydroxylation is 2. The Morgan fingerprint density at radius 1 is 1.15 bits per heavy atom. The fraction of sp³-hybridized carbons (Fsp3) is 0.333. The molecule has 6 nitrogen and oxygen atoms in total. The molecule has 1 aliphatic heterocycles. The number of hydrogen-bond donors (Lipinski definition) is 2. The van der Waals surface area contributed by atoms with Crippen LogP contribution in [-0.2, 0) is 10.3 Å². The van der Waals surface area contributed by atoms with Crippen LogP contribution in [0, 0.1) is 13.8 Å². The predicted molar refractivity (Wildman–Crippen MR) is 101 cm³/mol. The molecule has 1 fully saturated rings. The fourth-order valence-electron chi connectivity index (χ4n) is 3.14. The zero-order chi connectivity index (χ0) is 19.6. The molecule has 3 amide bonds. The topological polar surface area (TPSA) is 78.9 Å². The molecule has 27 heavy (non-hydrogen) atoms. The van der Waals surface area contributed by atoms with Gasteiger partial charge in [-0.15, -0.1) is 0 Å². The maximum absolute atomic E-state index is 12.8. The lowest BCUT2D eigenvalue weighted by atomic mass is 9.92. The Labute approximate surface area is 158 Å². The molecule has 142 valence electrons. The molecule has 1 heterocycles. The molecular formula is C21H24N2O4. The summed E-state index contributed by atoms with van der Waals surface area (Å²) in [6, 6.07) is 14.4. The van der Waals surface area contributed by atoms with Crippen molar-refractivity contribution in [3.05, 3.63) is 65.2 Å². The zero-order valence-corrected chi connectivity index (χ0v) is 15.7. The van der Waals surface area contributed by atoms with Crippen LogP contribution in [0.1, 0.15) is 23.6 Å². The van der Waals surface area contributed by atoms with Gasteiger partial charge in [-0.25, -0.2) is 4.79 Å². The quantitative estimate of drug-likeness (QED) is 0.768. The van der Waals surface area contributed by atoms with Crippen molar-refractivity contribution < 1.29 is 19.4 Å². The van der Waals surface area contributed by atoms with Gasteiger partial charge in [0.2, 0.25) is 0 Å². The first kappa shape index (κ1) is 18.9. The van der Waals surface area contributed by atoms with Gasteiger partial charge in [0.25, 0.3) is 5.91 Å². The maximum atomic E-state index is 12.8. The third-order valence-electron chi connectivity index (χ3n) is 4.79. The molecule has 6 heteroatoms. The minimum atomic E-state index is -1.13. The standard InChI is InChI=1S/C21H24N2O4/c1-14-9-10-15(2)18(11-14)27-13-17(24)12-23-19(25)21(3,22-20(23)26)16-7-5-4-6-8-16/h4-11,17,24H,12-13H2,1-3H3,(H,22,26)/t17-,21+/m1/s1. The van der Waals surface area contributed by atoms with Crippen LogP contribution in [0.25, 0.3) is 0 Å². The van der Waals surface area contributed by atoms with Gasteiger partial charge in [-0.1, -0.05) is 42.5 Å². The third kappa shape index (κ3) is 3.80. The van der Waals surface area contributed by atoms with Crippen molar-refractivity contribution in [3.63, 3.8) is 0 Å². The molecule has 2 N–H and O–H groups in total. The number of amides is 3. The second-order valence-corrected chi connectivity index (χ2v) is 7.07. The highest BCUT2D eigenvalue weighted by atomic mass is 16.5. The monoisotopic (exact) mass is 368 g/mol. The fourth-order valence-corrected chi connectivity index (χ4v) is 3.14. The minimum Gasteiger partial charge on any atom is -0.491 e. The summed E-state index contributed by atoms with van der Waals surface area (Å²) in [5.41, 5.74) is 1.58. The van der Waals surface area contributed by atoms with E-state index in [1.54, 1.807) is 19.1 Å². The van der Waals surface area contributed by atoms with Crippen LogP contribution in [0.3, 0.4) is 0 Å². The average molecular weight is 368 g/mol. The Balaban J connectivity index is 1.66. The lowest BCUT2D eigenvalue weighted by Crippen LogP contribution is -2.42. The lowest BCUT2D eigenvalue weighted by molar-refractivity contribution is -0.132. The summed E-state index contributed by atoms with van der Waals surface area (Å²) in [5.74, 6) is 0.296. The number of ether oxygens (including phenoxy) is 1. The van der Waals surface area contributed by atoms with Crippen LogP contribution in [-0.4, -0.2) is 41.2 Å². The number of carbonyl (C=O) groups excluding carboxylic acids is 2. The molecule has 0 radical (unpaired) electrons. The molecule has 0 bridgehead atoms. The maximum Gasteiger partial charge on any atom is 0.325 e. The number of carbonyl (C=O) groups is 2. The summed E-state index contributed by atoms with van der Waals surface area (Å²) in [7, 11) is 0. The van der Waals surface area contributed by atoms with Gasteiger partial charge in [0.1, 0.15) is 24.0 Å². The first-order chi connectivity index (χ1) is 12.8. The Hall–Kier alpha value is -2.86. The van der Waals surface area contributed by atoms with Gasteiger partial charge in [-0.3, -0.25) is 9.69 Å². The highest BCUT2D eigenvalue weighted by Crippen LogP contribution is 2.28. The third-order valence-corrected chi connectivity index (χ3v) is 4.79. The van der Waals surface area contributed by atoms with Crippen LogP contribution in [0.4, 0.5) is 4.79 Å². The summed E-state index contributed by atoms with van der Waals surface area (Å²) in [5, 5.41) is 13.0. The van der Waals surface area contributed by atoms with E-state index in [0.717, 1.165) is 16.0 Å². The summed E-state index contributed by atoms with van der Waals surface area (Å²) >= 11 is 0. The van der Waals surface area contributed by atoms with E-state index in [1.807, 2.05) is 50.2 Å². The highest BCUT2D eigenvalue weighted by Gasteiger charge is 2.49. The van der Waals surface area contributed by atoms with Gasteiger partial charge in [0.15, 0.2) is 0 Å². The molecule has 0 aliphatic carbocycles. The number of urea groups is 1. The van der Waals surface area contributed by atoms with Crippen LogP contribution in [0.15, 0.2) is 48.5 Å². The van der Waals surface area contributed by atoms with E-state index in [0.29, 0.717) is 11.3 Å². The van der Waals surface area contributed by atoms with Crippen molar-refractivity contribution in [1.29, 1.82) is 0 Å². The Kier molecular flexibility index (Phi) is 5.19. The van der Waals surface area contributed by atoms with E-state index in [-0.39, 0.29) is 19.1 Å². The number of aliphatic hydroxyl groups is 1. The number of benzene rings is 2. The van der Waals surface area contributed by atoms with Crippen LogP contribution in [0.5, 0.6) is 5.75 Å². The molecule has 0 spiro atoms. The number of hydrogen-bond acceptors (Lipinski definition) is 4. The smallest absolute Gasteiger partial charge is 0.325 e. The molecular weight excluding hydrogens is 344 g/mol. The van der Waals surface area contributed by atoms with E-state index in [1.165, 1.54) is 0 Å². The van der Waals surface area contributed by atoms with E-state index in [4.69, 9.17) is 4.74 Å². The highest BCUT2D eigenvalue weighted by molar-refractivity contribution is 6.07. The van der Waals surface area contributed by atoms with Crippen molar-refractivity contribution in [3.8, 4) is 5.75 Å². The SMILES string of the molecule is Cc1ccc(C)c(OC[C@H](O)CN2C(=O)N[C@@](C)(c3ccccc3)C2=O)c1. The number of β-amino-alcohol motifs (C(OH)–C–C–N with tert-alkyl or cyclic N) is 1. The predicted octanol–water partition coefficient (Wildman–Crippen LogP) is 2.51. The summed E-state index contributed by atoms with van der Waals surface area (Å²) in [6.07, 6.45) is -0.988. The molecule has 3 rings (SSSR count). The number of aliphatic hydroxyl groups excluding tert-OH is 1. The van der Waals surface area contributed by atoms with Crippen LogP contribution >= 0.6 is 0 Å². The number of rotatable bonds is 6. The first-order valence-corrected chi connectivity index (χ1v) is 8.89. The Bertz CT molecular complexity index is 853. The van der Waals surface area contributed by atoms with E-state index >= 15 is 0 Å². The number of imide groups is 1. The largest absolute Gasteiger partial charge is 0.491 e. The van der Waals surface area contributed by atoms with E-state index < -0.39 is 17.7 Å². The van der Waals surface area contributed by atoms with Gasteiger partial charge in [-0.2, -0.15) is 0 Å². The van der Waals surface area contributed by atoms with Crippen LogP contribution in [0.2, 0.25) is 0 Å². The summed E-state index contributed by atoms with van der Waals surface area (Å²) in [6.45, 7) is 5.41. The molecule has 2 atom stereocenters. The molecule has 0 aromatic heterocycles. The first-order valence-electron chi connectivity index (χ1n) is 8.89. The second kappa shape index (κ2) is 7.40. The molecule has 2 aromatic carbocycles. The molecule has 2 aromatic rings. The Morgan fingerprint density at radius 3 is 2.56 bits per heavy atom. The lowest BCUT2D eigenvalue weighted by Gasteiger charge is -2.23. The zero-order valence-electron chi connectivity index (χ0n) is 15.7.